The molecule has 15 nitrogen and oxygen atoms in total. The molecule has 0 heterocycles. The van der Waals surface area contributed by atoms with Gasteiger partial charge in [-0.3, -0.25) is 14.4 Å². The largest absolute Gasteiger partial charge is 0.631 e. The van der Waals surface area contributed by atoms with E-state index in [9.17, 15) is 14.4 Å². The highest BCUT2D eigenvalue weighted by molar-refractivity contribution is 6.30. The number of hydrogen-bond donors (Lipinski definition) is 3. The SMILES string of the molecule is CC(=O)[O][Al].CC(=O)[O][Al].CC(=O)[O][Al].O.O.O.O.O.O.OB(O)O. The first-order valence-corrected chi connectivity index (χ1v) is 5.62. The third-order valence-electron chi connectivity index (χ3n) is 0.498. The van der Waals surface area contributed by atoms with Crippen molar-refractivity contribution in [1.82, 2.24) is 0 Å². The maximum absolute atomic E-state index is 9.57. The van der Waals surface area contributed by atoms with Crippen LogP contribution in [-0.4, -0.2) is 123 Å². The summed E-state index contributed by atoms with van der Waals surface area (Å²) < 4.78 is 12.1. The predicted molar refractivity (Wildman–Crippen MR) is 86.7 cm³/mol. The van der Waals surface area contributed by atoms with E-state index < -0.39 is 7.32 Å². The van der Waals surface area contributed by atoms with Gasteiger partial charge in [-0.25, -0.2) is 0 Å². The van der Waals surface area contributed by atoms with E-state index in [1.807, 2.05) is 49.9 Å². The van der Waals surface area contributed by atoms with Gasteiger partial charge < -0.3 is 59.3 Å². The lowest BCUT2D eigenvalue weighted by atomic mass is 10.3. The van der Waals surface area contributed by atoms with Crippen LogP contribution in [0.5, 0.6) is 0 Å². The van der Waals surface area contributed by atoms with E-state index in [0.29, 0.717) is 0 Å². The normalized spacial score (nSPS) is 5.04. The summed E-state index contributed by atoms with van der Waals surface area (Å²) in [5.74, 6) is -0.847. The van der Waals surface area contributed by atoms with Crippen molar-refractivity contribution in [2.24, 2.45) is 0 Å². The van der Waals surface area contributed by atoms with Crippen molar-refractivity contribution >= 4 is 75.1 Å². The molecule has 0 aliphatic heterocycles. The van der Waals surface area contributed by atoms with E-state index in [0.717, 1.165) is 0 Å². The van der Waals surface area contributed by atoms with Gasteiger partial charge in [0, 0.05) is 20.8 Å². The maximum Gasteiger partial charge on any atom is 0.631 e. The van der Waals surface area contributed by atoms with Crippen molar-refractivity contribution in [1.29, 1.82) is 0 Å². The van der Waals surface area contributed by atoms with Crippen molar-refractivity contribution in [3.8, 4) is 0 Å². The number of carbonyl (C=O) groups is 3. The Morgan fingerprint density at radius 2 is 0.640 bits per heavy atom. The summed E-state index contributed by atoms with van der Waals surface area (Å²) >= 11 is 5.53. The first-order valence-electron chi connectivity index (χ1n) is 4.21. The van der Waals surface area contributed by atoms with Crippen LogP contribution in [0.3, 0.4) is 0 Å². The standard InChI is InChI=1S/3C2H4O2.3Al.BH3O3.6H2O/c3*1-2(3)4;;;;2-1(3)4;;;;;;/h3*1H3,(H,3,4);;;;2-4H;6*1H2/q;;;3*+1;;;;;;;/p-3. The Kier molecular flexibility index (Phi) is 145. The molecular formula is C6H24Al3BO15. The quantitative estimate of drug-likeness (QED) is 0.308. The van der Waals surface area contributed by atoms with Crippen molar-refractivity contribution in [2.45, 2.75) is 20.8 Å². The number of carbonyl (C=O) groups excluding carboxylic acids is 3. The summed E-state index contributed by atoms with van der Waals surface area (Å²) in [6, 6.07) is 0. The maximum atomic E-state index is 9.57. The van der Waals surface area contributed by atoms with E-state index >= 15 is 0 Å². The summed E-state index contributed by atoms with van der Waals surface area (Å²) in [7, 11) is -2.17. The van der Waals surface area contributed by atoms with Crippen molar-refractivity contribution in [3.05, 3.63) is 0 Å². The average molecular weight is 428 g/mol. The topological polar surface area (TPSA) is 329 Å². The molecule has 0 aliphatic carbocycles. The molecular weight excluding hydrogens is 404 g/mol. The zero-order valence-electron chi connectivity index (χ0n) is 13.6. The van der Waals surface area contributed by atoms with Crippen LogP contribution in [0.2, 0.25) is 0 Å². The molecule has 25 heavy (non-hydrogen) atoms. The first kappa shape index (κ1) is 64.2. The van der Waals surface area contributed by atoms with Crippen LogP contribution in [-0.2, 0) is 25.7 Å². The summed E-state index contributed by atoms with van der Waals surface area (Å²) in [5, 5.41) is 21.5. The predicted octanol–water partition coefficient (Wildman–Crippen LogP) is -8.10. The zero-order chi connectivity index (χ0) is 16.4. The second-order valence-electron chi connectivity index (χ2n) is 2.17. The summed E-state index contributed by atoms with van der Waals surface area (Å²) in [6.07, 6.45) is 0. The van der Waals surface area contributed by atoms with Crippen LogP contribution in [0.4, 0.5) is 0 Å². The Balaban J connectivity index is -0.0000000139. The molecule has 6 radical (unpaired) electrons. The monoisotopic (exact) mass is 428 g/mol. The van der Waals surface area contributed by atoms with E-state index in [4.69, 9.17) is 15.1 Å². The Morgan fingerprint density at radius 3 is 0.640 bits per heavy atom. The summed E-state index contributed by atoms with van der Waals surface area (Å²) in [6.45, 7) is 4.02. The lowest BCUT2D eigenvalue weighted by molar-refractivity contribution is -0.132. The van der Waals surface area contributed by atoms with E-state index in [-0.39, 0.29) is 50.8 Å². The molecule has 0 bridgehead atoms. The van der Waals surface area contributed by atoms with Crippen LogP contribution in [0.15, 0.2) is 0 Å². The van der Waals surface area contributed by atoms with E-state index in [2.05, 4.69) is 11.4 Å². The van der Waals surface area contributed by atoms with E-state index in [1.165, 1.54) is 20.8 Å². The molecule has 0 saturated carbocycles. The van der Waals surface area contributed by atoms with Gasteiger partial charge in [-0.15, -0.1) is 0 Å². The van der Waals surface area contributed by atoms with Gasteiger partial charge in [0.2, 0.25) is 0 Å². The molecule has 150 valence electrons. The van der Waals surface area contributed by atoms with Gasteiger partial charge in [0.05, 0.1) is 0 Å². The van der Waals surface area contributed by atoms with Gasteiger partial charge in [-0.05, 0) is 0 Å². The second-order valence-corrected chi connectivity index (χ2v) is 2.88. The van der Waals surface area contributed by atoms with Gasteiger partial charge in [0.15, 0.2) is 0 Å². The Hall–Kier alpha value is -0.288. The van der Waals surface area contributed by atoms with Gasteiger partial charge in [-0.2, -0.15) is 0 Å². The van der Waals surface area contributed by atoms with Crippen LogP contribution < -0.4 is 0 Å². The molecule has 15 N–H and O–H groups in total. The molecule has 0 amide bonds. The van der Waals surface area contributed by atoms with Gasteiger partial charge >= 0.3 is 57.2 Å². The molecule has 0 aromatic rings. The molecule has 0 aromatic carbocycles. The zero-order valence-corrected chi connectivity index (χ0v) is 17.1. The highest BCUT2D eigenvalue weighted by atomic mass is 27.1. The third kappa shape index (κ3) is 343. The number of rotatable bonds is 0. The molecule has 0 spiro atoms. The first-order chi connectivity index (χ1) is 8.54. The fourth-order valence-corrected chi connectivity index (χ4v) is 0. The molecule has 19 heteroatoms. The van der Waals surface area contributed by atoms with Crippen molar-refractivity contribution in [3.63, 3.8) is 0 Å². The van der Waals surface area contributed by atoms with Crippen LogP contribution in [0.25, 0.3) is 0 Å². The Bertz CT molecular complexity index is 207. The summed E-state index contributed by atoms with van der Waals surface area (Å²) in [5.41, 5.74) is 0. The highest BCUT2D eigenvalue weighted by Crippen LogP contribution is 1.59. The van der Waals surface area contributed by atoms with Crippen molar-refractivity contribution < 1.29 is 73.7 Å². The highest BCUT2D eigenvalue weighted by Gasteiger charge is 1.92. The molecule has 0 atom stereocenters. The minimum absolute atomic E-state index is 0. The number of hydrogen-bond acceptors (Lipinski definition) is 9. The lowest BCUT2D eigenvalue weighted by Gasteiger charge is -1.85. The molecule has 0 fully saturated rings. The fourth-order valence-electron chi connectivity index (χ4n) is 0. The average Bonchev–Trinajstić information content (AvgIpc) is 2.29. The molecule has 0 unspecified atom stereocenters. The van der Waals surface area contributed by atoms with Crippen LogP contribution in [0.1, 0.15) is 20.8 Å². The molecule has 0 aromatic heterocycles. The molecule has 0 rings (SSSR count). The van der Waals surface area contributed by atoms with Gasteiger partial charge in [0.25, 0.3) is 17.9 Å². The Morgan fingerprint density at radius 1 is 0.600 bits per heavy atom. The third-order valence-corrected chi connectivity index (χ3v) is 1.49. The van der Waals surface area contributed by atoms with Crippen LogP contribution >= 0.6 is 0 Å². The van der Waals surface area contributed by atoms with E-state index in [1.54, 1.807) is 0 Å². The van der Waals surface area contributed by atoms with Gasteiger partial charge in [-0.1, -0.05) is 0 Å². The molecule has 0 saturated heterocycles. The lowest BCUT2D eigenvalue weighted by Crippen LogP contribution is -2.07. The minimum Gasteiger partial charge on any atom is -0.628 e. The second kappa shape index (κ2) is 56.5. The minimum atomic E-state index is -2.17. The summed E-state index contributed by atoms with van der Waals surface area (Å²) in [4.78, 5) is 28.7. The van der Waals surface area contributed by atoms with Crippen molar-refractivity contribution in [2.75, 3.05) is 0 Å². The fraction of sp³-hybridized carbons (Fsp3) is 0.500. The van der Waals surface area contributed by atoms with Gasteiger partial charge in [0.1, 0.15) is 0 Å². The Labute approximate surface area is 169 Å². The van der Waals surface area contributed by atoms with Crippen LogP contribution in [0, 0.1) is 0 Å². The smallest absolute Gasteiger partial charge is 0.628 e. The molecule has 0 aliphatic rings.